The molecule has 0 aromatic heterocycles. The molecule has 0 N–H and O–H groups in total. The van der Waals surface area contributed by atoms with E-state index >= 15 is 0 Å². The van der Waals surface area contributed by atoms with Crippen molar-refractivity contribution in [2.45, 2.75) is 11.8 Å². The summed E-state index contributed by atoms with van der Waals surface area (Å²) in [6, 6.07) is 10.4. The topological polar surface area (TPSA) is 0 Å². The van der Waals surface area contributed by atoms with Crippen molar-refractivity contribution in [3.63, 3.8) is 0 Å². The van der Waals surface area contributed by atoms with Crippen molar-refractivity contribution in [3.8, 4) is 0 Å². The number of hydrogen-bond donors (Lipinski definition) is 0. The summed E-state index contributed by atoms with van der Waals surface area (Å²) in [7, 11) is 0. The third-order valence-corrected chi connectivity index (χ3v) is 2.29. The van der Waals surface area contributed by atoms with Gasteiger partial charge in [-0.15, -0.1) is 11.8 Å². The van der Waals surface area contributed by atoms with Crippen LogP contribution in [0.1, 0.15) is 6.92 Å². The van der Waals surface area contributed by atoms with E-state index in [9.17, 15) is 0 Å². The Bertz CT molecular complexity index is 214. The van der Waals surface area contributed by atoms with Crippen molar-refractivity contribution in [2.24, 2.45) is 0 Å². The minimum absolute atomic E-state index is 1.07. The van der Waals surface area contributed by atoms with E-state index in [2.05, 4.69) is 36.4 Å². The summed E-state index contributed by atoms with van der Waals surface area (Å²) in [5, 5.41) is 0. The van der Waals surface area contributed by atoms with Crippen molar-refractivity contribution in [2.75, 3.05) is 5.75 Å². The molecule has 0 saturated carbocycles. The van der Waals surface area contributed by atoms with Gasteiger partial charge in [-0.2, -0.15) is 0 Å². The molecule has 0 aliphatic carbocycles. The maximum absolute atomic E-state index is 2.16. The smallest absolute Gasteiger partial charge is 0.0160 e. The fourth-order valence-electron chi connectivity index (χ4n) is 0.757. The third kappa shape index (κ3) is 3.28. The molecule has 1 heteroatoms. The highest BCUT2D eigenvalue weighted by molar-refractivity contribution is 7.99. The van der Waals surface area contributed by atoms with Gasteiger partial charge in [0.05, 0.1) is 0 Å². The molecule has 0 bridgehead atoms. The molecule has 0 aliphatic rings. The summed E-state index contributed by atoms with van der Waals surface area (Å²) >= 11 is 1.86. The number of rotatable bonds is 3. The van der Waals surface area contributed by atoms with Gasteiger partial charge in [0, 0.05) is 10.6 Å². The second kappa shape index (κ2) is 5.03. The second-order valence-electron chi connectivity index (χ2n) is 2.19. The van der Waals surface area contributed by atoms with E-state index in [0.29, 0.717) is 0 Å². The van der Waals surface area contributed by atoms with Crippen LogP contribution in [0.4, 0.5) is 0 Å². The van der Waals surface area contributed by atoms with Crippen LogP contribution in [-0.4, -0.2) is 5.75 Å². The van der Waals surface area contributed by atoms with Gasteiger partial charge in [-0.25, -0.2) is 0 Å². The Morgan fingerprint density at radius 3 is 2.64 bits per heavy atom. The molecular weight excluding hydrogens is 152 g/mol. The van der Waals surface area contributed by atoms with Crippen LogP contribution in [0.5, 0.6) is 0 Å². The summed E-state index contributed by atoms with van der Waals surface area (Å²) in [4.78, 5) is 1.34. The fraction of sp³-hybridized carbons (Fsp3) is 0.200. The highest BCUT2D eigenvalue weighted by Gasteiger charge is 1.86. The standard InChI is InChI=1S/C10H12S/c1-2-3-9-11-10-7-5-4-6-8-10/h2-8H,9H2,1H3/b3-2-. The molecule has 1 rings (SSSR count). The lowest BCUT2D eigenvalue weighted by Gasteiger charge is -1.95. The molecule has 58 valence electrons. The van der Waals surface area contributed by atoms with Gasteiger partial charge in [-0.3, -0.25) is 0 Å². The first-order chi connectivity index (χ1) is 5.43. The summed E-state index contributed by atoms with van der Waals surface area (Å²) in [5.41, 5.74) is 0. The molecule has 0 atom stereocenters. The van der Waals surface area contributed by atoms with Gasteiger partial charge >= 0.3 is 0 Å². The zero-order chi connectivity index (χ0) is 7.94. The molecule has 0 radical (unpaired) electrons. The second-order valence-corrected chi connectivity index (χ2v) is 3.29. The lowest BCUT2D eigenvalue weighted by molar-refractivity contribution is 1.46. The summed E-state index contributed by atoms with van der Waals surface area (Å²) < 4.78 is 0. The van der Waals surface area contributed by atoms with E-state index in [1.54, 1.807) is 0 Å². The number of allylic oxidation sites excluding steroid dienone is 1. The predicted molar refractivity (Wildman–Crippen MR) is 52.0 cm³/mol. The normalized spacial score (nSPS) is 10.6. The molecule has 11 heavy (non-hydrogen) atoms. The van der Waals surface area contributed by atoms with Gasteiger partial charge in [0.15, 0.2) is 0 Å². The third-order valence-electron chi connectivity index (χ3n) is 1.33. The van der Waals surface area contributed by atoms with Crippen LogP contribution in [-0.2, 0) is 0 Å². The van der Waals surface area contributed by atoms with Crippen molar-refractivity contribution in [1.82, 2.24) is 0 Å². The Kier molecular flexibility index (Phi) is 3.84. The van der Waals surface area contributed by atoms with E-state index < -0.39 is 0 Å². The summed E-state index contributed by atoms with van der Waals surface area (Å²) in [5.74, 6) is 1.07. The average Bonchev–Trinajstić information content (AvgIpc) is 2.07. The highest BCUT2D eigenvalue weighted by atomic mass is 32.2. The zero-order valence-electron chi connectivity index (χ0n) is 6.66. The van der Waals surface area contributed by atoms with Crippen molar-refractivity contribution in [1.29, 1.82) is 0 Å². The number of hydrogen-bond acceptors (Lipinski definition) is 1. The maximum atomic E-state index is 2.16. The molecule has 1 aromatic rings. The van der Waals surface area contributed by atoms with Crippen LogP contribution in [0.25, 0.3) is 0 Å². The predicted octanol–water partition coefficient (Wildman–Crippen LogP) is 3.35. The monoisotopic (exact) mass is 164 g/mol. The van der Waals surface area contributed by atoms with Crippen LogP contribution < -0.4 is 0 Å². The summed E-state index contributed by atoms with van der Waals surface area (Å²) in [6.07, 6.45) is 4.24. The first kappa shape index (κ1) is 8.41. The van der Waals surface area contributed by atoms with E-state index in [4.69, 9.17) is 0 Å². The van der Waals surface area contributed by atoms with E-state index in [0.717, 1.165) is 5.75 Å². The van der Waals surface area contributed by atoms with Crippen LogP contribution in [0.3, 0.4) is 0 Å². The lowest BCUT2D eigenvalue weighted by Crippen LogP contribution is -1.71. The van der Waals surface area contributed by atoms with Crippen molar-refractivity contribution >= 4 is 11.8 Å². The van der Waals surface area contributed by atoms with Gasteiger partial charge < -0.3 is 0 Å². The molecule has 0 saturated heterocycles. The Balaban J connectivity index is 2.39. The van der Waals surface area contributed by atoms with Gasteiger partial charge in [0.1, 0.15) is 0 Å². The number of thioether (sulfide) groups is 1. The first-order valence-corrected chi connectivity index (χ1v) is 4.71. The average molecular weight is 164 g/mol. The molecular formula is C10H12S. The Hall–Kier alpha value is -0.690. The van der Waals surface area contributed by atoms with E-state index in [-0.39, 0.29) is 0 Å². The zero-order valence-corrected chi connectivity index (χ0v) is 7.47. The largest absolute Gasteiger partial charge is 0.122 e. The van der Waals surface area contributed by atoms with Crippen LogP contribution >= 0.6 is 11.8 Å². The van der Waals surface area contributed by atoms with Crippen molar-refractivity contribution in [3.05, 3.63) is 42.5 Å². The van der Waals surface area contributed by atoms with Gasteiger partial charge in [-0.1, -0.05) is 30.4 Å². The van der Waals surface area contributed by atoms with Crippen LogP contribution in [0, 0.1) is 0 Å². The van der Waals surface area contributed by atoms with Crippen LogP contribution in [0.2, 0.25) is 0 Å². The molecule has 0 heterocycles. The Morgan fingerprint density at radius 2 is 2.00 bits per heavy atom. The van der Waals surface area contributed by atoms with Gasteiger partial charge in [0.25, 0.3) is 0 Å². The quantitative estimate of drug-likeness (QED) is 0.487. The maximum Gasteiger partial charge on any atom is 0.0160 e. The van der Waals surface area contributed by atoms with Crippen molar-refractivity contribution < 1.29 is 0 Å². The first-order valence-electron chi connectivity index (χ1n) is 3.72. The minimum Gasteiger partial charge on any atom is -0.122 e. The van der Waals surface area contributed by atoms with Gasteiger partial charge in [0.2, 0.25) is 0 Å². The molecule has 0 unspecified atom stereocenters. The van der Waals surface area contributed by atoms with E-state index in [1.807, 2.05) is 24.8 Å². The SMILES string of the molecule is C/C=C\CSc1ccccc1. The molecule has 0 spiro atoms. The van der Waals surface area contributed by atoms with E-state index in [1.165, 1.54) is 4.90 Å². The number of benzene rings is 1. The fourth-order valence-corrected chi connectivity index (χ4v) is 1.59. The lowest BCUT2D eigenvalue weighted by atomic mass is 10.4. The van der Waals surface area contributed by atoms with Gasteiger partial charge in [-0.05, 0) is 19.1 Å². The Morgan fingerprint density at radius 1 is 1.27 bits per heavy atom. The molecule has 0 fully saturated rings. The summed E-state index contributed by atoms with van der Waals surface area (Å²) in [6.45, 7) is 2.05. The minimum atomic E-state index is 1.07. The molecule has 0 nitrogen and oxygen atoms in total. The highest BCUT2D eigenvalue weighted by Crippen LogP contribution is 2.16. The molecule has 1 aromatic carbocycles. The molecule has 0 aliphatic heterocycles. The Labute approximate surface area is 72.3 Å². The molecule has 0 amide bonds. The van der Waals surface area contributed by atoms with Crippen LogP contribution in [0.15, 0.2) is 47.4 Å².